The molecule has 4 aliphatic rings. The molecule has 7 heteroatoms. The zero-order valence-corrected chi connectivity index (χ0v) is 22.9. The molecule has 6 nitrogen and oxygen atoms in total. The van der Waals surface area contributed by atoms with Crippen LogP contribution in [0.2, 0.25) is 0 Å². The Balaban J connectivity index is 1.03. The SMILES string of the molecule is O=C(O)C(c1cc(F)ccc1C1CC2(CCO1)CC2)N1CC[C@@H](OCCCCc2ccc3c(n2)CCCC3)C1. The van der Waals surface area contributed by atoms with Gasteiger partial charge >= 0.3 is 5.97 Å². The lowest BCUT2D eigenvalue weighted by Gasteiger charge is -2.33. The molecule has 6 rings (SSSR count). The van der Waals surface area contributed by atoms with Gasteiger partial charge in [-0.1, -0.05) is 12.1 Å². The quantitative estimate of drug-likeness (QED) is 0.377. The fourth-order valence-electron chi connectivity index (χ4n) is 6.91. The lowest BCUT2D eigenvalue weighted by molar-refractivity contribution is -0.143. The Morgan fingerprint density at radius 2 is 2.05 bits per heavy atom. The van der Waals surface area contributed by atoms with E-state index >= 15 is 0 Å². The summed E-state index contributed by atoms with van der Waals surface area (Å²) in [6.45, 7) is 2.49. The van der Waals surface area contributed by atoms with Gasteiger partial charge in [0.05, 0.1) is 12.2 Å². The monoisotopic (exact) mass is 536 g/mol. The minimum atomic E-state index is -0.947. The molecular formula is C32H41FN2O4. The smallest absolute Gasteiger partial charge is 0.325 e. The Hall–Kier alpha value is -2.35. The number of benzene rings is 1. The van der Waals surface area contributed by atoms with Crippen molar-refractivity contribution in [3.05, 3.63) is 64.2 Å². The fraction of sp³-hybridized carbons (Fsp3) is 0.625. The first-order chi connectivity index (χ1) is 19.0. The maximum atomic E-state index is 14.4. The second-order valence-electron chi connectivity index (χ2n) is 12.2. The van der Waals surface area contributed by atoms with Gasteiger partial charge in [-0.25, -0.2) is 4.39 Å². The van der Waals surface area contributed by atoms with Crippen LogP contribution in [0.4, 0.5) is 4.39 Å². The van der Waals surface area contributed by atoms with Gasteiger partial charge in [0.2, 0.25) is 0 Å². The average molecular weight is 537 g/mol. The van der Waals surface area contributed by atoms with E-state index in [1.54, 1.807) is 6.07 Å². The third-order valence-electron chi connectivity index (χ3n) is 9.41. The Labute approximate surface area is 230 Å². The number of aryl methyl sites for hydroxylation is 3. The van der Waals surface area contributed by atoms with Crippen LogP contribution in [0.3, 0.4) is 0 Å². The summed E-state index contributed by atoms with van der Waals surface area (Å²) in [6, 6.07) is 8.12. The molecule has 2 saturated heterocycles. The maximum absolute atomic E-state index is 14.4. The van der Waals surface area contributed by atoms with E-state index < -0.39 is 17.8 Å². The molecule has 1 N–H and O–H groups in total. The minimum Gasteiger partial charge on any atom is -0.480 e. The molecule has 2 unspecified atom stereocenters. The molecule has 0 radical (unpaired) electrons. The predicted molar refractivity (Wildman–Crippen MR) is 146 cm³/mol. The van der Waals surface area contributed by atoms with Crippen LogP contribution in [0.25, 0.3) is 0 Å². The maximum Gasteiger partial charge on any atom is 0.325 e. The van der Waals surface area contributed by atoms with Crippen LogP contribution in [0.5, 0.6) is 0 Å². The van der Waals surface area contributed by atoms with E-state index in [0.717, 1.165) is 56.9 Å². The minimum absolute atomic E-state index is 0.00797. The Morgan fingerprint density at radius 3 is 2.90 bits per heavy atom. The van der Waals surface area contributed by atoms with Crippen molar-refractivity contribution in [2.45, 2.75) is 95.3 Å². The molecule has 2 aromatic rings. The number of pyridine rings is 1. The van der Waals surface area contributed by atoms with E-state index in [-0.39, 0.29) is 12.2 Å². The van der Waals surface area contributed by atoms with Gasteiger partial charge in [0.1, 0.15) is 11.9 Å². The number of rotatable bonds is 10. The van der Waals surface area contributed by atoms with E-state index in [1.807, 2.05) is 4.90 Å². The molecule has 0 bridgehead atoms. The van der Waals surface area contributed by atoms with Crippen molar-refractivity contribution in [3.63, 3.8) is 0 Å². The molecule has 1 saturated carbocycles. The summed E-state index contributed by atoms with van der Waals surface area (Å²) in [7, 11) is 0. The Bertz CT molecular complexity index is 1180. The molecule has 2 aliphatic heterocycles. The van der Waals surface area contributed by atoms with Crippen molar-refractivity contribution in [1.29, 1.82) is 0 Å². The summed E-state index contributed by atoms with van der Waals surface area (Å²) in [4.78, 5) is 19.4. The fourth-order valence-corrected chi connectivity index (χ4v) is 6.91. The summed E-state index contributed by atoms with van der Waals surface area (Å²) in [5.74, 6) is -1.35. The number of fused-ring (bicyclic) bond motifs is 1. The molecule has 1 aromatic heterocycles. The first-order valence-electron chi connectivity index (χ1n) is 15.0. The Morgan fingerprint density at radius 1 is 1.18 bits per heavy atom. The summed E-state index contributed by atoms with van der Waals surface area (Å²) in [5, 5.41) is 10.3. The summed E-state index contributed by atoms with van der Waals surface area (Å²) < 4.78 is 26.7. The number of unbranched alkanes of at least 4 members (excludes halogenated alkanes) is 1. The molecule has 1 spiro atoms. The van der Waals surface area contributed by atoms with Gasteiger partial charge in [0, 0.05) is 37.7 Å². The van der Waals surface area contributed by atoms with E-state index in [2.05, 4.69) is 12.1 Å². The molecule has 210 valence electrons. The van der Waals surface area contributed by atoms with E-state index in [9.17, 15) is 14.3 Å². The number of likely N-dealkylation sites (tertiary alicyclic amines) is 1. The van der Waals surface area contributed by atoms with Gasteiger partial charge in [-0.15, -0.1) is 0 Å². The molecule has 39 heavy (non-hydrogen) atoms. The van der Waals surface area contributed by atoms with Gasteiger partial charge in [-0.3, -0.25) is 14.7 Å². The summed E-state index contributed by atoms with van der Waals surface area (Å²) in [5.41, 5.74) is 5.58. The highest BCUT2D eigenvalue weighted by Gasteiger charge is 2.47. The zero-order chi connectivity index (χ0) is 26.8. The number of ether oxygens (including phenoxy) is 2. The van der Waals surface area contributed by atoms with Gasteiger partial charge in [-0.05, 0) is 117 Å². The van der Waals surface area contributed by atoms with Crippen molar-refractivity contribution in [2.24, 2.45) is 5.41 Å². The van der Waals surface area contributed by atoms with Crippen LogP contribution in [0.1, 0.15) is 98.0 Å². The molecule has 0 amide bonds. The summed E-state index contributed by atoms with van der Waals surface area (Å²) >= 11 is 0. The van der Waals surface area contributed by atoms with Crippen molar-refractivity contribution in [3.8, 4) is 0 Å². The topological polar surface area (TPSA) is 71.9 Å². The molecule has 3 atom stereocenters. The lowest BCUT2D eigenvalue weighted by atomic mass is 9.86. The standard InChI is InChI=1S/C32H41FN2O4/c33-23-9-11-26(29-20-32(13-14-32)15-18-39-29)27(19-23)30(31(36)37)35-16-12-25(21-35)38-17-4-3-6-24-10-8-22-5-1-2-7-28(22)34-24/h8-11,19,25,29-30H,1-7,12-18,20-21H2,(H,36,37)/t25-,29?,30?/m1/s1. The van der Waals surface area contributed by atoms with E-state index in [0.29, 0.717) is 37.3 Å². The first-order valence-corrected chi connectivity index (χ1v) is 15.0. The highest BCUT2D eigenvalue weighted by Crippen LogP contribution is 2.58. The summed E-state index contributed by atoms with van der Waals surface area (Å²) in [6.07, 6.45) is 12.7. The van der Waals surface area contributed by atoms with Crippen LogP contribution in [0.15, 0.2) is 30.3 Å². The van der Waals surface area contributed by atoms with Crippen molar-refractivity contribution in [2.75, 3.05) is 26.3 Å². The van der Waals surface area contributed by atoms with E-state index in [4.69, 9.17) is 14.5 Å². The average Bonchev–Trinajstić information content (AvgIpc) is 3.51. The van der Waals surface area contributed by atoms with E-state index in [1.165, 1.54) is 54.8 Å². The third kappa shape index (κ3) is 6.21. The highest BCUT2D eigenvalue weighted by atomic mass is 19.1. The molecular weight excluding hydrogens is 495 g/mol. The molecule has 3 fully saturated rings. The van der Waals surface area contributed by atoms with Crippen LogP contribution < -0.4 is 0 Å². The van der Waals surface area contributed by atoms with Crippen molar-refractivity contribution < 1.29 is 23.8 Å². The number of hydrogen-bond donors (Lipinski definition) is 1. The van der Waals surface area contributed by atoms with Crippen molar-refractivity contribution in [1.82, 2.24) is 9.88 Å². The van der Waals surface area contributed by atoms with Crippen LogP contribution >= 0.6 is 0 Å². The lowest BCUT2D eigenvalue weighted by Crippen LogP contribution is -2.35. The molecule has 3 heterocycles. The number of hydrogen-bond acceptors (Lipinski definition) is 5. The largest absolute Gasteiger partial charge is 0.480 e. The first kappa shape index (κ1) is 26.9. The second-order valence-corrected chi connectivity index (χ2v) is 12.2. The van der Waals surface area contributed by atoms with Crippen molar-refractivity contribution >= 4 is 5.97 Å². The zero-order valence-electron chi connectivity index (χ0n) is 22.9. The predicted octanol–water partition coefficient (Wildman–Crippen LogP) is 5.97. The van der Waals surface area contributed by atoms with Crippen LogP contribution in [-0.2, 0) is 33.5 Å². The van der Waals surface area contributed by atoms with Gasteiger partial charge < -0.3 is 14.6 Å². The number of aromatic nitrogens is 1. The Kier molecular flexibility index (Phi) is 8.01. The normalized spacial score (nSPS) is 24.9. The highest BCUT2D eigenvalue weighted by molar-refractivity contribution is 5.76. The number of carbonyl (C=O) groups is 1. The van der Waals surface area contributed by atoms with Gasteiger partial charge in [0.25, 0.3) is 0 Å². The number of nitrogens with zero attached hydrogens (tertiary/aromatic N) is 2. The molecule has 2 aliphatic carbocycles. The molecule has 1 aromatic carbocycles. The number of aliphatic carboxylic acids is 1. The van der Waals surface area contributed by atoms with Crippen LogP contribution in [0, 0.1) is 11.2 Å². The number of halogens is 1. The second kappa shape index (κ2) is 11.6. The van der Waals surface area contributed by atoms with Gasteiger partial charge in [-0.2, -0.15) is 0 Å². The third-order valence-corrected chi connectivity index (χ3v) is 9.41. The number of carboxylic acids is 1. The van der Waals surface area contributed by atoms with Crippen LogP contribution in [-0.4, -0.2) is 53.4 Å². The number of carboxylic acid groups (broad SMARTS) is 1. The van der Waals surface area contributed by atoms with Gasteiger partial charge in [0.15, 0.2) is 0 Å².